The fourth-order valence-electron chi connectivity index (χ4n) is 1.79. The second-order valence-electron chi connectivity index (χ2n) is 5.02. The molecule has 2 N–H and O–H groups in total. The number of anilines is 1. The molecule has 20 heavy (non-hydrogen) atoms. The molecule has 5 nitrogen and oxygen atoms in total. The third-order valence-corrected chi connectivity index (χ3v) is 3.01. The van der Waals surface area contributed by atoms with E-state index in [1.165, 1.54) is 4.90 Å². The Bertz CT molecular complexity index is 455. The van der Waals surface area contributed by atoms with Gasteiger partial charge in [-0.15, -0.1) is 0 Å². The van der Waals surface area contributed by atoms with Crippen molar-refractivity contribution in [1.82, 2.24) is 9.80 Å². The summed E-state index contributed by atoms with van der Waals surface area (Å²) in [6.45, 7) is 2.71. The van der Waals surface area contributed by atoms with Crippen LogP contribution in [-0.2, 0) is 16.0 Å². The number of hydrogen-bond donors (Lipinski definition) is 1. The number of benzene rings is 1. The van der Waals surface area contributed by atoms with Crippen LogP contribution in [0.1, 0.15) is 18.9 Å². The van der Waals surface area contributed by atoms with Crippen LogP contribution in [0, 0.1) is 0 Å². The van der Waals surface area contributed by atoms with E-state index in [4.69, 9.17) is 5.73 Å². The zero-order chi connectivity index (χ0) is 15.1. The molecule has 0 aliphatic heterocycles. The molecule has 0 saturated carbocycles. The van der Waals surface area contributed by atoms with Gasteiger partial charge in [0, 0.05) is 26.3 Å². The molecule has 110 valence electrons. The minimum Gasteiger partial charge on any atom is -0.399 e. The predicted molar refractivity (Wildman–Crippen MR) is 80.1 cm³/mol. The van der Waals surface area contributed by atoms with E-state index in [1.807, 2.05) is 19.1 Å². The van der Waals surface area contributed by atoms with Crippen molar-refractivity contribution in [3.05, 3.63) is 29.8 Å². The van der Waals surface area contributed by atoms with Gasteiger partial charge in [0.05, 0.1) is 13.0 Å². The van der Waals surface area contributed by atoms with Crippen LogP contribution in [0.5, 0.6) is 0 Å². The number of nitrogens with two attached hydrogens (primary N) is 1. The van der Waals surface area contributed by atoms with Gasteiger partial charge in [0.1, 0.15) is 0 Å². The van der Waals surface area contributed by atoms with Crippen molar-refractivity contribution in [3.63, 3.8) is 0 Å². The van der Waals surface area contributed by atoms with Gasteiger partial charge in [-0.3, -0.25) is 9.59 Å². The maximum absolute atomic E-state index is 12.3. The van der Waals surface area contributed by atoms with E-state index < -0.39 is 0 Å². The van der Waals surface area contributed by atoms with Crippen molar-refractivity contribution >= 4 is 17.5 Å². The van der Waals surface area contributed by atoms with E-state index in [-0.39, 0.29) is 18.4 Å². The zero-order valence-electron chi connectivity index (χ0n) is 12.4. The van der Waals surface area contributed by atoms with Crippen molar-refractivity contribution in [2.75, 3.05) is 32.9 Å². The highest BCUT2D eigenvalue weighted by Crippen LogP contribution is 2.08. The van der Waals surface area contributed by atoms with E-state index in [0.717, 1.165) is 12.0 Å². The zero-order valence-corrected chi connectivity index (χ0v) is 12.4. The van der Waals surface area contributed by atoms with Crippen molar-refractivity contribution in [3.8, 4) is 0 Å². The van der Waals surface area contributed by atoms with Crippen LogP contribution in [0.4, 0.5) is 5.69 Å². The Morgan fingerprint density at radius 3 is 2.20 bits per heavy atom. The summed E-state index contributed by atoms with van der Waals surface area (Å²) < 4.78 is 0. The van der Waals surface area contributed by atoms with Gasteiger partial charge in [-0.1, -0.05) is 19.1 Å². The Morgan fingerprint density at radius 1 is 1.10 bits per heavy atom. The summed E-state index contributed by atoms with van der Waals surface area (Å²) >= 11 is 0. The average molecular weight is 277 g/mol. The fraction of sp³-hybridized carbons (Fsp3) is 0.467. The molecular formula is C15H23N3O2. The lowest BCUT2D eigenvalue weighted by molar-refractivity contribution is -0.138. The Morgan fingerprint density at radius 2 is 1.70 bits per heavy atom. The number of hydrogen-bond acceptors (Lipinski definition) is 3. The summed E-state index contributed by atoms with van der Waals surface area (Å²) in [7, 11) is 3.38. The first-order valence-corrected chi connectivity index (χ1v) is 6.76. The number of likely N-dealkylation sites (N-methyl/N-ethyl adjacent to an activating group) is 1. The topological polar surface area (TPSA) is 66.6 Å². The summed E-state index contributed by atoms with van der Waals surface area (Å²) in [4.78, 5) is 27.1. The van der Waals surface area contributed by atoms with Gasteiger partial charge in [-0.2, -0.15) is 0 Å². The first-order chi connectivity index (χ1) is 9.43. The van der Waals surface area contributed by atoms with Crippen LogP contribution in [0.3, 0.4) is 0 Å². The summed E-state index contributed by atoms with van der Waals surface area (Å²) in [6, 6.07) is 7.23. The highest BCUT2D eigenvalue weighted by Gasteiger charge is 2.17. The van der Waals surface area contributed by atoms with E-state index >= 15 is 0 Å². The van der Waals surface area contributed by atoms with E-state index in [0.29, 0.717) is 18.7 Å². The number of carbonyl (C=O) groups excluding carboxylic acids is 2. The van der Waals surface area contributed by atoms with Crippen molar-refractivity contribution in [2.45, 2.75) is 19.8 Å². The van der Waals surface area contributed by atoms with Crippen LogP contribution in [0.2, 0.25) is 0 Å². The van der Waals surface area contributed by atoms with Gasteiger partial charge in [-0.05, 0) is 24.1 Å². The van der Waals surface area contributed by atoms with Crippen molar-refractivity contribution < 1.29 is 9.59 Å². The molecule has 0 heterocycles. The first kappa shape index (κ1) is 16.0. The summed E-state index contributed by atoms with van der Waals surface area (Å²) in [5.74, 6) is -0.101. The molecule has 1 aromatic carbocycles. The molecule has 0 aliphatic rings. The van der Waals surface area contributed by atoms with Crippen LogP contribution >= 0.6 is 0 Å². The van der Waals surface area contributed by atoms with Gasteiger partial charge in [-0.25, -0.2) is 0 Å². The van der Waals surface area contributed by atoms with Gasteiger partial charge < -0.3 is 15.5 Å². The molecular weight excluding hydrogens is 254 g/mol. The fourth-order valence-corrected chi connectivity index (χ4v) is 1.79. The van der Waals surface area contributed by atoms with Crippen molar-refractivity contribution in [2.24, 2.45) is 0 Å². The Balaban J connectivity index is 2.68. The molecule has 2 amide bonds. The number of amides is 2. The molecule has 1 aromatic rings. The number of rotatable bonds is 6. The number of carbonyl (C=O) groups is 2. The Labute approximate surface area is 120 Å². The normalized spacial score (nSPS) is 10.2. The molecule has 0 unspecified atom stereocenters. The second-order valence-corrected chi connectivity index (χ2v) is 5.02. The third kappa shape index (κ3) is 4.91. The quantitative estimate of drug-likeness (QED) is 0.793. The van der Waals surface area contributed by atoms with E-state index in [9.17, 15) is 9.59 Å². The maximum atomic E-state index is 12.3. The maximum Gasteiger partial charge on any atom is 0.241 e. The molecule has 0 spiro atoms. The van der Waals surface area contributed by atoms with Crippen LogP contribution in [0.25, 0.3) is 0 Å². The standard InChI is InChI=1S/C15H23N3O2/c1-4-9-18(11-15(20)17(2)3)14(19)10-12-5-7-13(16)8-6-12/h5-8H,4,9-11,16H2,1-3H3. The monoisotopic (exact) mass is 277 g/mol. The van der Waals surface area contributed by atoms with E-state index in [1.54, 1.807) is 31.1 Å². The molecule has 5 heteroatoms. The molecule has 0 saturated heterocycles. The molecule has 0 atom stereocenters. The minimum absolute atomic E-state index is 0.0354. The molecule has 0 bridgehead atoms. The van der Waals surface area contributed by atoms with Crippen LogP contribution < -0.4 is 5.73 Å². The molecule has 1 rings (SSSR count). The summed E-state index contributed by atoms with van der Waals surface area (Å²) in [6.07, 6.45) is 1.12. The molecule has 0 radical (unpaired) electrons. The highest BCUT2D eigenvalue weighted by atomic mass is 16.2. The van der Waals surface area contributed by atoms with Crippen molar-refractivity contribution in [1.29, 1.82) is 0 Å². The van der Waals surface area contributed by atoms with Gasteiger partial charge >= 0.3 is 0 Å². The van der Waals surface area contributed by atoms with E-state index in [2.05, 4.69) is 0 Å². The second kappa shape index (κ2) is 7.53. The molecule has 0 fully saturated rings. The van der Waals surface area contributed by atoms with Crippen LogP contribution in [0.15, 0.2) is 24.3 Å². The number of nitrogen functional groups attached to an aromatic ring is 1. The highest BCUT2D eigenvalue weighted by molar-refractivity contribution is 5.85. The first-order valence-electron chi connectivity index (χ1n) is 6.76. The predicted octanol–water partition coefficient (Wildman–Crippen LogP) is 1.14. The minimum atomic E-state index is -0.0656. The van der Waals surface area contributed by atoms with Gasteiger partial charge in [0.2, 0.25) is 11.8 Å². The molecule has 0 aliphatic carbocycles. The van der Waals surface area contributed by atoms with Gasteiger partial charge in [0.15, 0.2) is 0 Å². The average Bonchev–Trinajstić information content (AvgIpc) is 2.40. The third-order valence-electron chi connectivity index (χ3n) is 3.01. The lowest BCUT2D eigenvalue weighted by Gasteiger charge is -2.23. The Hall–Kier alpha value is -2.04. The molecule has 0 aromatic heterocycles. The smallest absolute Gasteiger partial charge is 0.241 e. The largest absolute Gasteiger partial charge is 0.399 e. The Kier molecular flexibility index (Phi) is 6.03. The summed E-state index contributed by atoms with van der Waals surface area (Å²) in [5, 5.41) is 0. The summed E-state index contributed by atoms with van der Waals surface area (Å²) in [5.41, 5.74) is 7.20. The SMILES string of the molecule is CCCN(CC(=O)N(C)C)C(=O)Cc1ccc(N)cc1. The van der Waals surface area contributed by atoms with Crippen LogP contribution in [-0.4, -0.2) is 48.8 Å². The lowest BCUT2D eigenvalue weighted by atomic mass is 10.1. The lowest BCUT2D eigenvalue weighted by Crippen LogP contribution is -2.41. The number of nitrogens with zero attached hydrogens (tertiary/aromatic N) is 2. The van der Waals surface area contributed by atoms with Gasteiger partial charge in [0.25, 0.3) is 0 Å².